The third-order valence-electron chi connectivity index (χ3n) is 3.55. The molecule has 0 fully saturated rings. The van der Waals surface area contributed by atoms with E-state index in [2.05, 4.69) is 18.1 Å². The maximum Gasteiger partial charge on any atom is 0.125 e. The zero-order chi connectivity index (χ0) is 14.3. The molecule has 4 nitrogen and oxygen atoms in total. The summed E-state index contributed by atoms with van der Waals surface area (Å²) in [5.74, 6) is 0.725. The number of nitrogens with zero attached hydrogens (tertiary/aromatic N) is 3. The number of nitrogen functional groups attached to an aromatic ring is 1. The Morgan fingerprint density at radius 2 is 1.85 bits per heavy atom. The molecule has 0 saturated carbocycles. The number of aromatic nitrogens is 3. The van der Waals surface area contributed by atoms with E-state index in [1.54, 1.807) is 0 Å². The summed E-state index contributed by atoms with van der Waals surface area (Å²) >= 11 is 5.45. The Morgan fingerprint density at radius 3 is 2.35 bits per heavy atom. The molecule has 0 aromatic carbocycles. The van der Waals surface area contributed by atoms with E-state index in [0.717, 1.165) is 45.1 Å². The Hall–Kier alpha value is -1.62. The standard InChI is InChI=1S/C14H20N4S.CH4/c1-6-18-13(15)10(4)11(16-18)12-8(2)7-9(3)14(19)17(12)5;/h7H,6,15H2,1-5H3;1H4. The van der Waals surface area contributed by atoms with Crippen molar-refractivity contribution in [3.8, 4) is 11.4 Å². The molecule has 2 aromatic rings. The Morgan fingerprint density at radius 1 is 1.25 bits per heavy atom. The van der Waals surface area contributed by atoms with E-state index in [-0.39, 0.29) is 7.43 Å². The molecule has 0 aliphatic rings. The molecule has 2 rings (SSSR count). The third kappa shape index (κ3) is 2.38. The predicted octanol–water partition coefficient (Wildman–Crippen LogP) is 3.78. The van der Waals surface area contributed by atoms with E-state index in [9.17, 15) is 0 Å². The average Bonchev–Trinajstić information content (AvgIpc) is 2.64. The van der Waals surface area contributed by atoms with Crippen LogP contribution in [0.1, 0.15) is 31.0 Å². The lowest BCUT2D eigenvalue weighted by Crippen LogP contribution is -2.05. The summed E-state index contributed by atoms with van der Waals surface area (Å²) in [5.41, 5.74) is 11.3. The van der Waals surface area contributed by atoms with Crippen molar-refractivity contribution in [1.29, 1.82) is 0 Å². The molecule has 0 bridgehead atoms. The lowest BCUT2D eigenvalue weighted by atomic mass is 10.1. The normalized spacial score (nSPS) is 10.4. The van der Waals surface area contributed by atoms with Gasteiger partial charge in [0, 0.05) is 19.2 Å². The molecule has 0 aliphatic carbocycles. The van der Waals surface area contributed by atoms with Crippen molar-refractivity contribution in [1.82, 2.24) is 14.3 Å². The van der Waals surface area contributed by atoms with Gasteiger partial charge in [-0.2, -0.15) is 5.10 Å². The van der Waals surface area contributed by atoms with Gasteiger partial charge in [-0.3, -0.25) is 0 Å². The number of nitrogens with two attached hydrogens (primary N) is 1. The fourth-order valence-electron chi connectivity index (χ4n) is 2.46. The van der Waals surface area contributed by atoms with Crippen LogP contribution >= 0.6 is 12.2 Å². The molecular formula is C15H24N4S. The molecule has 110 valence electrons. The highest BCUT2D eigenvalue weighted by atomic mass is 32.1. The summed E-state index contributed by atoms with van der Waals surface area (Å²) in [6.45, 7) is 8.92. The van der Waals surface area contributed by atoms with Crippen molar-refractivity contribution in [2.45, 2.75) is 41.7 Å². The van der Waals surface area contributed by atoms with Gasteiger partial charge in [0.25, 0.3) is 0 Å². The molecule has 0 unspecified atom stereocenters. The fourth-order valence-corrected chi connectivity index (χ4v) is 2.61. The van der Waals surface area contributed by atoms with Crippen molar-refractivity contribution in [3.05, 3.63) is 27.4 Å². The Labute approximate surface area is 126 Å². The second kappa shape index (κ2) is 5.79. The summed E-state index contributed by atoms with van der Waals surface area (Å²) < 4.78 is 4.69. The van der Waals surface area contributed by atoms with Crippen LogP contribution in [0.3, 0.4) is 0 Å². The summed E-state index contributed by atoms with van der Waals surface area (Å²) in [7, 11) is 1.98. The second-order valence-corrected chi connectivity index (χ2v) is 5.28. The number of aryl methyl sites for hydroxylation is 3. The smallest absolute Gasteiger partial charge is 0.125 e. The van der Waals surface area contributed by atoms with Gasteiger partial charge in [0.2, 0.25) is 0 Å². The molecule has 0 aliphatic heterocycles. The Kier molecular flexibility index (Phi) is 4.76. The molecule has 2 N–H and O–H groups in total. The highest BCUT2D eigenvalue weighted by Crippen LogP contribution is 2.29. The van der Waals surface area contributed by atoms with Gasteiger partial charge in [-0.25, -0.2) is 4.68 Å². The number of anilines is 1. The summed E-state index contributed by atoms with van der Waals surface area (Å²) in [4.78, 5) is 0. The van der Waals surface area contributed by atoms with Gasteiger partial charge in [-0.1, -0.05) is 25.7 Å². The zero-order valence-corrected chi connectivity index (χ0v) is 12.9. The van der Waals surface area contributed by atoms with E-state index in [1.807, 2.05) is 37.1 Å². The van der Waals surface area contributed by atoms with E-state index in [0.29, 0.717) is 0 Å². The second-order valence-electron chi connectivity index (χ2n) is 4.90. The molecule has 20 heavy (non-hydrogen) atoms. The van der Waals surface area contributed by atoms with Gasteiger partial charge in [0.05, 0.1) is 5.69 Å². The number of rotatable bonds is 2. The van der Waals surface area contributed by atoms with Crippen LogP contribution in [0.25, 0.3) is 11.4 Å². The van der Waals surface area contributed by atoms with Crippen molar-refractivity contribution in [3.63, 3.8) is 0 Å². The van der Waals surface area contributed by atoms with Crippen LogP contribution in [-0.4, -0.2) is 14.3 Å². The SMILES string of the molecule is C.CCn1nc(-c2c(C)cc(C)c(=S)n2C)c(C)c1N. The Balaban J connectivity index is 0.00000200. The lowest BCUT2D eigenvalue weighted by Gasteiger charge is -2.13. The highest BCUT2D eigenvalue weighted by molar-refractivity contribution is 7.71. The molecule has 2 aromatic heterocycles. The molecule has 2 heterocycles. The topological polar surface area (TPSA) is 48.8 Å². The van der Waals surface area contributed by atoms with Gasteiger partial charge in [-0.15, -0.1) is 0 Å². The minimum atomic E-state index is 0. The van der Waals surface area contributed by atoms with Gasteiger partial charge in [0.15, 0.2) is 0 Å². The summed E-state index contributed by atoms with van der Waals surface area (Å²) in [5, 5.41) is 4.62. The highest BCUT2D eigenvalue weighted by Gasteiger charge is 2.17. The van der Waals surface area contributed by atoms with Crippen LogP contribution in [-0.2, 0) is 13.6 Å². The molecule has 0 spiro atoms. The van der Waals surface area contributed by atoms with E-state index < -0.39 is 0 Å². The van der Waals surface area contributed by atoms with E-state index in [4.69, 9.17) is 18.0 Å². The monoisotopic (exact) mass is 292 g/mol. The average molecular weight is 292 g/mol. The minimum absolute atomic E-state index is 0. The molecule has 0 saturated heterocycles. The zero-order valence-electron chi connectivity index (χ0n) is 12.1. The molecule has 0 radical (unpaired) electrons. The first-order valence-corrected chi connectivity index (χ1v) is 6.79. The van der Waals surface area contributed by atoms with Gasteiger partial charge in [-0.05, 0) is 38.8 Å². The Bertz CT molecular complexity index is 695. The van der Waals surface area contributed by atoms with Crippen LogP contribution in [0.4, 0.5) is 5.82 Å². The lowest BCUT2D eigenvalue weighted by molar-refractivity contribution is 0.670. The van der Waals surface area contributed by atoms with Gasteiger partial charge in [0.1, 0.15) is 16.2 Å². The predicted molar refractivity (Wildman–Crippen MR) is 88.5 cm³/mol. The molecular weight excluding hydrogens is 268 g/mol. The maximum atomic E-state index is 6.08. The molecule has 0 amide bonds. The fraction of sp³-hybridized carbons (Fsp3) is 0.467. The minimum Gasteiger partial charge on any atom is -0.384 e. The van der Waals surface area contributed by atoms with E-state index >= 15 is 0 Å². The van der Waals surface area contributed by atoms with Crippen molar-refractivity contribution < 1.29 is 0 Å². The van der Waals surface area contributed by atoms with Gasteiger partial charge < -0.3 is 10.3 Å². The van der Waals surface area contributed by atoms with Crippen molar-refractivity contribution in [2.75, 3.05) is 5.73 Å². The van der Waals surface area contributed by atoms with Gasteiger partial charge >= 0.3 is 0 Å². The number of hydrogen-bond donors (Lipinski definition) is 1. The third-order valence-corrected chi connectivity index (χ3v) is 4.14. The summed E-state index contributed by atoms with van der Waals surface area (Å²) in [6.07, 6.45) is 0. The first-order chi connectivity index (χ1) is 8.88. The van der Waals surface area contributed by atoms with E-state index in [1.165, 1.54) is 0 Å². The van der Waals surface area contributed by atoms with Crippen LogP contribution in [0.2, 0.25) is 0 Å². The van der Waals surface area contributed by atoms with Crippen molar-refractivity contribution in [2.24, 2.45) is 7.05 Å². The number of pyridine rings is 1. The van der Waals surface area contributed by atoms with Crippen LogP contribution < -0.4 is 5.73 Å². The molecule has 0 atom stereocenters. The van der Waals surface area contributed by atoms with Crippen LogP contribution in [0.5, 0.6) is 0 Å². The first kappa shape index (κ1) is 16.4. The number of hydrogen-bond acceptors (Lipinski definition) is 3. The van der Waals surface area contributed by atoms with Crippen LogP contribution in [0, 0.1) is 25.4 Å². The maximum absolute atomic E-state index is 6.08. The first-order valence-electron chi connectivity index (χ1n) is 6.39. The van der Waals surface area contributed by atoms with Crippen LogP contribution in [0.15, 0.2) is 6.07 Å². The quantitative estimate of drug-likeness (QED) is 0.857. The summed E-state index contributed by atoms with van der Waals surface area (Å²) in [6, 6.07) is 2.11. The molecule has 5 heteroatoms. The van der Waals surface area contributed by atoms with Crippen molar-refractivity contribution >= 4 is 18.0 Å². The largest absolute Gasteiger partial charge is 0.384 e.